The molecule has 0 radical (unpaired) electrons. The number of aromatic nitrogens is 2. The minimum absolute atomic E-state index is 0.0227. The molecule has 146 valence electrons. The quantitative estimate of drug-likeness (QED) is 0.713. The van der Waals surface area contributed by atoms with Crippen molar-refractivity contribution < 1.29 is 22.7 Å². The zero-order valence-corrected chi connectivity index (χ0v) is 15.3. The maximum Gasteiger partial charge on any atom is 0.422 e. The van der Waals surface area contributed by atoms with Gasteiger partial charge in [-0.3, -0.25) is 9.78 Å². The molecule has 0 aliphatic carbocycles. The molecule has 0 spiro atoms. The number of halogens is 3. The van der Waals surface area contributed by atoms with E-state index in [1.807, 2.05) is 25.1 Å². The maximum atomic E-state index is 12.6. The van der Waals surface area contributed by atoms with Crippen LogP contribution < -0.4 is 10.1 Å². The van der Waals surface area contributed by atoms with Crippen molar-refractivity contribution in [2.24, 2.45) is 0 Å². The van der Waals surface area contributed by atoms with E-state index in [1.165, 1.54) is 6.20 Å². The topological polar surface area (TPSA) is 64.1 Å². The molecule has 0 unspecified atom stereocenters. The van der Waals surface area contributed by atoms with E-state index in [9.17, 15) is 18.0 Å². The summed E-state index contributed by atoms with van der Waals surface area (Å²) >= 11 is 0. The van der Waals surface area contributed by atoms with Crippen LogP contribution in [0.4, 0.5) is 13.2 Å². The highest BCUT2D eigenvalue weighted by Crippen LogP contribution is 2.21. The van der Waals surface area contributed by atoms with Crippen LogP contribution in [-0.4, -0.2) is 28.7 Å². The summed E-state index contributed by atoms with van der Waals surface area (Å²) in [6, 6.07) is 10.6. The highest BCUT2D eigenvalue weighted by atomic mass is 19.4. The standard InChI is InChI=1S/C20H18F3N3O2/c1-12-5-6-17-15(8-12)9-16(13(2)26-17)18(27)25-10-14-4-3-7-24-19(14)28-11-20(21,22)23/h3-9H,10-11H2,1-2H3,(H,25,27). The second-order valence-electron chi connectivity index (χ2n) is 6.37. The predicted octanol–water partition coefficient (Wildman–Crippen LogP) is 4.12. The van der Waals surface area contributed by atoms with Crippen molar-refractivity contribution >= 4 is 16.8 Å². The van der Waals surface area contributed by atoms with Gasteiger partial charge in [-0.15, -0.1) is 0 Å². The van der Waals surface area contributed by atoms with Gasteiger partial charge >= 0.3 is 6.18 Å². The number of hydrogen-bond donors (Lipinski definition) is 1. The third kappa shape index (κ3) is 4.76. The maximum absolute atomic E-state index is 12.6. The summed E-state index contributed by atoms with van der Waals surface area (Å²) in [5.41, 5.74) is 3.15. The molecule has 8 heteroatoms. The highest BCUT2D eigenvalue weighted by molar-refractivity contribution is 5.98. The van der Waals surface area contributed by atoms with Crippen LogP contribution in [0.2, 0.25) is 0 Å². The molecule has 28 heavy (non-hydrogen) atoms. The van der Waals surface area contributed by atoms with E-state index in [-0.39, 0.29) is 18.3 Å². The molecular formula is C20H18F3N3O2. The molecule has 0 saturated heterocycles. The van der Waals surface area contributed by atoms with Gasteiger partial charge in [0.25, 0.3) is 5.91 Å². The monoisotopic (exact) mass is 389 g/mol. The Kier molecular flexibility index (Phi) is 5.48. The summed E-state index contributed by atoms with van der Waals surface area (Å²) in [4.78, 5) is 20.9. The van der Waals surface area contributed by atoms with Crippen molar-refractivity contribution in [1.82, 2.24) is 15.3 Å². The van der Waals surface area contributed by atoms with Gasteiger partial charge < -0.3 is 10.1 Å². The summed E-state index contributed by atoms with van der Waals surface area (Å²) in [6.45, 7) is 2.21. The van der Waals surface area contributed by atoms with Gasteiger partial charge in [0.05, 0.1) is 16.8 Å². The number of nitrogens with one attached hydrogen (secondary N) is 1. The molecule has 0 atom stereocenters. The first kappa shape index (κ1) is 19.6. The van der Waals surface area contributed by atoms with Crippen LogP contribution in [0.5, 0.6) is 5.88 Å². The Morgan fingerprint density at radius 3 is 2.71 bits per heavy atom. The minimum atomic E-state index is -4.47. The van der Waals surface area contributed by atoms with Gasteiger partial charge in [-0.25, -0.2) is 4.98 Å². The second-order valence-corrected chi connectivity index (χ2v) is 6.37. The fraction of sp³-hybridized carbons (Fsp3) is 0.250. The van der Waals surface area contributed by atoms with Crippen LogP contribution in [0, 0.1) is 13.8 Å². The first-order valence-corrected chi connectivity index (χ1v) is 8.52. The van der Waals surface area contributed by atoms with Crippen molar-refractivity contribution in [2.45, 2.75) is 26.6 Å². The first-order chi connectivity index (χ1) is 13.2. The fourth-order valence-electron chi connectivity index (χ4n) is 2.73. The molecule has 0 aliphatic rings. The zero-order chi connectivity index (χ0) is 20.3. The molecular weight excluding hydrogens is 371 g/mol. The molecule has 0 saturated carbocycles. The van der Waals surface area contributed by atoms with E-state index in [1.54, 1.807) is 25.1 Å². The molecule has 0 bridgehead atoms. The number of aryl methyl sites for hydroxylation is 2. The molecule has 2 aromatic heterocycles. The number of rotatable bonds is 5. The Bertz CT molecular complexity index is 1020. The predicted molar refractivity (Wildman–Crippen MR) is 98.2 cm³/mol. The third-order valence-electron chi connectivity index (χ3n) is 4.07. The Balaban J connectivity index is 1.76. The van der Waals surface area contributed by atoms with Crippen molar-refractivity contribution in [1.29, 1.82) is 0 Å². The highest BCUT2D eigenvalue weighted by Gasteiger charge is 2.29. The summed E-state index contributed by atoms with van der Waals surface area (Å²) < 4.78 is 41.9. The van der Waals surface area contributed by atoms with E-state index >= 15 is 0 Å². The van der Waals surface area contributed by atoms with Crippen molar-refractivity contribution in [2.75, 3.05) is 6.61 Å². The van der Waals surface area contributed by atoms with Gasteiger partial charge in [-0.05, 0) is 38.1 Å². The summed E-state index contributed by atoms with van der Waals surface area (Å²) in [6.07, 6.45) is -3.14. The van der Waals surface area contributed by atoms with E-state index in [4.69, 9.17) is 4.74 Å². The smallest absolute Gasteiger partial charge is 0.422 e. The number of pyridine rings is 2. The number of ether oxygens (including phenoxy) is 1. The average molecular weight is 389 g/mol. The summed E-state index contributed by atoms with van der Waals surface area (Å²) in [5, 5.41) is 3.53. The van der Waals surface area contributed by atoms with Crippen LogP contribution in [-0.2, 0) is 6.54 Å². The Morgan fingerprint density at radius 2 is 1.96 bits per heavy atom. The lowest BCUT2D eigenvalue weighted by molar-refractivity contribution is -0.154. The van der Waals surface area contributed by atoms with E-state index in [2.05, 4.69) is 15.3 Å². The van der Waals surface area contributed by atoms with E-state index in [0.717, 1.165) is 16.5 Å². The largest absolute Gasteiger partial charge is 0.468 e. The summed E-state index contributed by atoms with van der Waals surface area (Å²) in [5.74, 6) is -0.539. The zero-order valence-electron chi connectivity index (χ0n) is 15.3. The van der Waals surface area contributed by atoms with Gasteiger partial charge in [-0.1, -0.05) is 17.7 Å². The molecule has 3 aromatic rings. The SMILES string of the molecule is Cc1ccc2nc(C)c(C(=O)NCc3cccnc3OCC(F)(F)F)cc2c1. The third-order valence-corrected chi connectivity index (χ3v) is 4.07. The number of nitrogens with zero attached hydrogens (tertiary/aromatic N) is 2. The van der Waals surface area contributed by atoms with E-state index < -0.39 is 12.8 Å². The van der Waals surface area contributed by atoms with Gasteiger partial charge in [0, 0.05) is 23.7 Å². The fourth-order valence-corrected chi connectivity index (χ4v) is 2.73. The number of carbonyl (C=O) groups excluding carboxylic acids is 1. The number of hydrogen-bond acceptors (Lipinski definition) is 4. The van der Waals surface area contributed by atoms with Gasteiger partial charge in [-0.2, -0.15) is 13.2 Å². The minimum Gasteiger partial charge on any atom is -0.468 e. The van der Waals surface area contributed by atoms with Gasteiger partial charge in [0.15, 0.2) is 6.61 Å². The van der Waals surface area contributed by atoms with Crippen LogP contribution in [0.3, 0.4) is 0 Å². The molecule has 0 fully saturated rings. The summed E-state index contributed by atoms with van der Waals surface area (Å²) in [7, 11) is 0. The van der Waals surface area contributed by atoms with Gasteiger partial charge in [0.1, 0.15) is 0 Å². The lowest BCUT2D eigenvalue weighted by Gasteiger charge is -2.13. The van der Waals surface area contributed by atoms with Crippen molar-refractivity contribution in [3.8, 4) is 5.88 Å². The normalized spacial score (nSPS) is 11.5. The van der Waals surface area contributed by atoms with E-state index in [0.29, 0.717) is 16.8 Å². The van der Waals surface area contributed by atoms with Crippen LogP contribution in [0.25, 0.3) is 10.9 Å². The van der Waals surface area contributed by atoms with Crippen LogP contribution in [0.1, 0.15) is 27.2 Å². The molecule has 1 amide bonds. The van der Waals surface area contributed by atoms with Crippen LogP contribution >= 0.6 is 0 Å². The lowest BCUT2D eigenvalue weighted by Crippen LogP contribution is -2.25. The number of benzene rings is 1. The second kappa shape index (κ2) is 7.84. The van der Waals surface area contributed by atoms with Crippen molar-refractivity contribution in [3.63, 3.8) is 0 Å². The number of fused-ring (bicyclic) bond motifs is 1. The molecule has 0 aliphatic heterocycles. The van der Waals surface area contributed by atoms with Crippen molar-refractivity contribution in [3.05, 3.63) is 65.0 Å². The molecule has 1 N–H and O–H groups in total. The molecule has 2 heterocycles. The van der Waals surface area contributed by atoms with Crippen LogP contribution in [0.15, 0.2) is 42.6 Å². The number of carbonyl (C=O) groups is 1. The molecule has 3 rings (SSSR count). The molecule has 5 nitrogen and oxygen atoms in total. The lowest BCUT2D eigenvalue weighted by atomic mass is 10.1. The Hall–Kier alpha value is -3.16. The Morgan fingerprint density at radius 1 is 1.18 bits per heavy atom. The number of alkyl halides is 3. The number of amides is 1. The average Bonchev–Trinajstić information content (AvgIpc) is 2.64. The first-order valence-electron chi connectivity index (χ1n) is 8.52. The molecule has 1 aromatic carbocycles. The van der Waals surface area contributed by atoms with Gasteiger partial charge in [0.2, 0.25) is 5.88 Å². The Labute approximate surface area is 159 Å².